The van der Waals surface area contributed by atoms with Gasteiger partial charge in [-0.1, -0.05) is 6.07 Å². The monoisotopic (exact) mass is 403 g/mol. The first kappa shape index (κ1) is 20.3. The zero-order valence-electron chi connectivity index (χ0n) is 16.8. The first-order chi connectivity index (χ1) is 13.7. The van der Waals surface area contributed by atoms with Crippen LogP contribution in [-0.4, -0.2) is 51.8 Å². The van der Waals surface area contributed by atoms with Crippen molar-refractivity contribution in [3.8, 4) is 11.5 Å². The van der Waals surface area contributed by atoms with Crippen molar-refractivity contribution in [2.24, 2.45) is 4.99 Å². The normalized spacial score (nSPS) is 14.2. The molecule has 2 heterocycles. The van der Waals surface area contributed by atoms with Crippen molar-refractivity contribution in [2.45, 2.75) is 25.8 Å². The van der Waals surface area contributed by atoms with Crippen LogP contribution in [0.15, 0.2) is 28.6 Å². The number of hydrogen-bond donors (Lipinski definition) is 2. The molecule has 1 saturated heterocycles. The lowest BCUT2D eigenvalue weighted by molar-refractivity contribution is 0.354. The molecular formula is C20H29N5O2S. The van der Waals surface area contributed by atoms with E-state index in [0.29, 0.717) is 6.54 Å². The number of rotatable bonds is 8. The zero-order chi connectivity index (χ0) is 19.8. The van der Waals surface area contributed by atoms with Crippen molar-refractivity contribution in [3.05, 3.63) is 34.8 Å². The Kier molecular flexibility index (Phi) is 7.36. The van der Waals surface area contributed by atoms with Crippen LogP contribution in [-0.2, 0) is 13.0 Å². The molecule has 152 valence electrons. The average molecular weight is 404 g/mol. The first-order valence-electron chi connectivity index (χ1n) is 9.58. The van der Waals surface area contributed by atoms with Gasteiger partial charge in [-0.25, -0.2) is 4.98 Å². The van der Waals surface area contributed by atoms with E-state index < -0.39 is 0 Å². The van der Waals surface area contributed by atoms with E-state index in [1.165, 1.54) is 12.8 Å². The molecule has 0 atom stereocenters. The van der Waals surface area contributed by atoms with Crippen LogP contribution >= 0.6 is 11.3 Å². The van der Waals surface area contributed by atoms with E-state index in [-0.39, 0.29) is 0 Å². The van der Waals surface area contributed by atoms with Crippen molar-refractivity contribution >= 4 is 22.4 Å². The summed E-state index contributed by atoms with van der Waals surface area (Å²) < 4.78 is 10.6. The third-order valence-electron chi connectivity index (χ3n) is 4.72. The number of aliphatic imine (C=N–C) groups is 1. The Labute approximate surface area is 170 Å². The second-order valence-electron chi connectivity index (χ2n) is 6.61. The smallest absolute Gasteiger partial charge is 0.191 e. The number of nitrogens with zero attached hydrogens (tertiary/aromatic N) is 3. The molecule has 7 nitrogen and oxygen atoms in total. The SMILES string of the molecule is CN=C(NCCc1csc(N2CCCC2)n1)NCc1ccc(OC)c(OC)c1. The number of ether oxygens (including phenoxy) is 2. The predicted molar refractivity (Wildman–Crippen MR) is 115 cm³/mol. The summed E-state index contributed by atoms with van der Waals surface area (Å²) in [6, 6.07) is 5.89. The number of guanidine groups is 1. The Balaban J connectivity index is 1.45. The van der Waals surface area contributed by atoms with Gasteiger partial charge in [-0.15, -0.1) is 11.3 Å². The first-order valence-corrected chi connectivity index (χ1v) is 10.5. The number of thiazole rings is 1. The predicted octanol–water partition coefficient (Wildman–Crippen LogP) is 2.67. The van der Waals surface area contributed by atoms with Crippen LogP contribution < -0.4 is 25.0 Å². The maximum Gasteiger partial charge on any atom is 0.191 e. The van der Waals surface area contributed by atoms with Gasteiger partial charge in [0.05, 0.1) is 19.9 Å². The second kappa shape index (κ2) is 10.2. The summed E-state index contributed by atoms with van der Waals surface area (Å²) in [4.78, 5) is 11.4. The van der Waals surface area contributed by atoms with Crippen molar-refractivity contribution in [1.29, 1.82) is 0 Å². The summed E-state index contributed by atoms with van der Waals surface area (Å²) in [5, 5.41) is 10.00. The molecule has 1 fully saturated rings. The average Bonchev–Trinajstić information content (AvgIpc) is 3.42. The van der Waals surface area contributed by atoms with Gasteiger partial charge < -0.3 is 25.0 Å². The minimum atomic E-state index is 0.649. The molecule has 1 aliphatic rings. The summed E-state index contributed by atoms with van der Waals surface area (Å²) in [6.45, 7) is 3.71. The Morgan fingerprint density at radius 1 is 1.18 bits per heavy atom. The standard InChI is InChI=1S/C20H29N5O2S/c1-21-19(23-13-15-6-7-17(26-2)18(12-15)27-3)22-9-8-16-14-28-20(24-16)25-10-4-5-11-25/h6-7,12,14H,4-5,8-11,13H2,1-3H3,(H2,21,22,23). The number of benzene rings is 1. The summed E-state index contributed by atoms with van der Waals surface area (Å²) >= 11 is 1.74. The van der Waals surface area contributed by atoms with E-state index in [2.05, 4.69) is 25.9 Å². The van der Waals surface area contributed by atoms with E-state index in [1.54, 1.807) is 32.6 Å². The third kappa shape index (κ3) is 5.28. The Morgan fingerprint density at radius 3 is 2.68 bits per heavy atom. The topological polar surface area (TPSA) is 71.0 Å². The van der Waals surface area contributed by atoms with Gasteiger partial charge in [0.15, 0.2) is 22.6 Å². The highest BCUT2D eigenvalue weighted by Gasteiger charge is 2.15. The summed E-state index contributed by atoms with van der Waals surface area (Å²) in [5.41, 5.74) is 2.23. The van der Waals surface area contributed by atoms with E-state index >= 15 is 0 Å². The van der Waals surface area contributed by atoms with Gasteiger partial charge in [-0.05, 0) is 30.5 Å². The molecule has 8 heteroatoms. The van der Waals surface area contributed by atoms with Crippen molar-refractivity contribution in [1.82, 2.24) is 15.6 Å². The molecule has 2 N–H and O–H groups in total. The molecule has 1 aromatic carbocycles. The highest BCUT2D eigenvalue weighted by Crippen LogP contribution is 2.27. The Morgan fingerprint density at radius 2 is 1.96 bits per heavy atom. The van der Waals surface area contributed by atoms with Gasteiger partial charge in [-0.2, -0.15) is 0 Å². The molecule has 0 saturated carbocycles. The van der Waals surface area contributed by atoms with Crippen LogP contribution in [0.3, 0.4) is 0 Å². The van der Waals surface area contributed by atoms with E-state index in [9.17, 15) is 0 Å². The van der Waals surface area contributed by atoms with Gasteiger partial charge in [-0.3, -0.25) is 4.99 Å². The lowest BCUT2D eigenvalue weighted by atomic mass is 10.2. The molecule has 0 bridgehead atoms. The van der Waals surface area contributed by atoms with E-state index in [0.717, 1.165) is 59.9 Å². The quantitative estimate of drug-likeness (QED) is 0.522. The molecule has 1 aliphatic heterocycles. The number of hydrogen-bond acceptors (Lipinski definition) is 6. The fourth-order valence-electron chi connectivity index (χ4n) is 3.17. The molecule has 1 aromatic heterocycles. The molecule has 2 aromatic rings. The Hall–Kier alpha value is -2.48. The van der Waals surface area contributed by atoms with Crippen LogP contribution in [0, 0.1) is 0 Å². The fraction of sp³-hybridized carbons (Fsp3) is 0.500. The maximum absolute atomic E-state index is 5.35. The number of nitrogens with one attached hydrogen (secondary N) is 2. The van der Waals surface area contributed by atoms with Gasteiger partial charge in [0.1, 0.15) is 0 Å². The van der Waals surface area contributed by atoms with Crippen LogP contribution in [0.25, 0.3) is 0 Å². The minimum absolute atomic E-state index is 0.649. The molecule has 3 rings (SSSR count). The molecule has 0 spiro atoms. The van der Waals surface area contributed by atoms with Crippen LogP contribution in [0.2, 0.25) is 0 Å². The molecule has 0 amide bonds. The fourth-order valence-corrected chi connectivity index (χ4v) is 4.08. The van der Waals surface area contributed by atoms with Crippen molar-refractivity contribution in [2.75, 3.05) is 45.8 Å². The highest BCUT2D eigenvalue weighted by atomic mass is 32.1. The van der Waals surface area contributed by atoms with Gasteiger partial charge in [0.25, 0.3) is 0 Å². The van der Waals surface area contributed by atoms with Gasteiger partial charge in [0.2, 0.25) is 0 Å². The Bertz CT molecular complexity index is 787. The summed E-state index contributed by atoms with van der Waals surface area (Å²) in [6.07, 6.45) is 3.43. The lowest BCUT2D eigenvalue weighted by Crippen LogP contribution is -2.37. The lowest BCUT2D eigenvalue weighted by Gasteiger charge is -2.13. The largest absolute Gasteiger partial charge is 0.493 e. The molecule has 0 unspecified atom stereocenters. The van der Waals surface area contributed by atoms with Gasteiger partial charge >= 0.3 is 0 Å². The molecule has 0 radical (unpaired) electrons. The summed E-state index contributed by atoms with van der Waals surface area (Å²) in [7, 11) is 5.05. The summed E-state index contributed by atoms with van der Waals surface area (Å²) in [5.74, 6) is 2.22. The van der Waals surface area contributed by atoms with Crippen LogP contribution in [0.1, 0.15) is 24.1 Å². The third-order valence-corrected chi connectivity index (χ3v) is 5.67. The molecule has 28 heavy (non-hydrogen) atoms. The molecule has 0 aliphatic carbocycles. The maximum atomic E-state index is 5.35. The van der Waals surface area contributed by atoms with Crippen LogP contribution in [0.5, 0.6) is 11.5 Å². The second-order valence-corrected chi connectivity index (χ2v) is 7.44. The highest BCUT2D eigenvalue weighted by molar-refractivity contribution is 7.13. The van der Waals surface area contributed by atoms with Crippen molar-refractivity contribution in [3.63, 3.8) is 0 Å². The van der Waals surface area contributed by atoms with Crippen molar-refractivity contribution < 1.29 is 9.47 Å². The zero-order valence-corrected chi connectivity index (χ0v) is 17.6. The number of aromatic nitrogens is 1. The van der Waals surface area contributed by atoms with E-state index in [4.69, 9.17) is 14.5 Å². The van der Waals surface area contributed by atoms with Gasteiger partial charge in [0, 0.05) is 45.0 Å². The number of anilines is 1. The van der Waals surface area contributed by atoms with Crippen LogP contribution in [0.4, 0.5) is 5.13 Å². The van der Waals surface area contributed by atoms with E-state index in [1.807, 2.05) is 18.2 Å². The number of methoxy groups -OCH3 is 2. The molecular weight excluding hydrogens is 374 g/mol. The minimum Gasteiger partial charge on any atom is -0.493 e.